The van der Waals surface area contributed by atoms with E-state index in [-0.39, 0.29) is 34.6 Å². The maximum absolute atomic E-state index is 14.5. The van der Waals surface area contributed by atoms with E-state index in [1.807, 2.05) is 0 Å². The Labute approximate surface area is 207 Å². The lowest BCUT2D eigenvalue weighted by atomic mass is 9.77. The van der Waals surface area contributed by atoms with Gasteiger partial charge in [0, 0.05) is 17.4 Å². The molecule has 0 saturated carbocycles. The van der Waals surface area contributed by atoms with E-state index in [0.717, 1.165) is 39.2 Å². The molecule has 3 rings (SSSR count). The molecule has 1 fully saturated rings. The lowest BCUT2D eigenvalue weighted by Crippen LogP contribution is -2.47. The normalized spacial score (nSPS) is 23.4. The Hall–Kier alpha value is -3.94. The average molecular weight is 530 g/mol. The molecule has 4 atom stereocenters. The first-order chi connectivity index (χ1) is 17.2. The molecule has 37 heavy (non-hydrogen) atoms. The minimum absolute atomic E-state index is 0.0715. The summed E-state index contributed by atoms with van der Waals surface area (Å²) in [5.74, 6) is -8.48. The van der Waals surface area contributed by atoms with Crippen LogP contribution < -0.4 is 26.8 Å². The molecular formula is C23H23F5N4O5. The second-order valence-electron chi connectivity index (χ2n) is 8.54. The number of anilines is 3. The van der Waals surface area contributed by atoms with Crippen LogP contribution in [0.15, 0.2) is 24.3 Å². The quantitative estimate of drug-likeness (QED) is 0.246. The van der Waals surface area contributed by atoms with E-state index in [4.69, 9.17) is 20.9 Å². The summed E-state index contributed by atoms with van der Waals surface area (Å²) in [6, 6.07) is 3.85. The van der Waals surface area contributed by atoms with Gasteiger partial charge in [-0.15, -0.1) is 0 Å². The molecule has 0 aliphatic carbocycles. The second kappa shape index (κ2) is 9.84. The van der Waals surface area contributed by atoms with Crippen molar-refractivity contribution in [3.63, 3.8) is 0 Å². The SMILES string of the molecule is COc1c([C@H]2[C@H](C(=O)Nc3cc(C(N)=O)c(NC=O)cc3N)O[C@@](C)(C(F)(F)F)[C@H]2C)ccc(F)c1F. The van der Waals surface area contributed by atoms with Gasteiger partial charge in [-0.1, -0.05) is 13.0 Å². The number of primary amides is 1. The van der Waals surface area contributed by atoms with Crippen molar-refractivity contribution in [2.24, 2.45) is 11.7 Å². The van der Waals surface area contributed by atoms with Gasteiger partial charge >= 0.3 is 6.18 Å². The molecule has 0 aromatic heterocycles. The van der Waals surface area contributed by atoms with Gasteiger partial charge < -0.3 is 31.6 Å². The van der Waals surface area contributed by atoms with Crippen molar-refractivity contribution >= 4 is 35.3 Å². The highest BCUT2D eigenvalue weighted by Gasteiger charge is 2.66. The lowest BCUT2D eigenvalue weighted by Gasteiger charge is -2.32. The molecule has 200 valence electrons. The summed E-state index contributed by atoms with van der Waals surface area (Å²) in [5.41, 5.74) is 7.38. The van der Waals surface area contributed by atoms with Crippen molar-refractivity contribution in [2.45, 2.75) is 37.6 Å². The van der Waals surface area contributed by atoms with Crippen molar-refractivity contribution < 1.29 is 45.8 Å². The summed E-state index contributed by atoms with van der Waals surface area (Å²) in [4.78, 5) is 35.9. The highest BCUT2D eigenvalue weighted by molar-refractivity contribution is 6.05. The Morgan fingerprint density at radius 2 is 1.84 bits per heavy atom. The average Bonchev–Trinajstić information content (AvgIpc) is 3.09. The predicted molar refractivity (Wildman–Crippen MR) is 122 cm³/mol. The maximum atomic E-state index is 14.5. The Morgan fingerprint density at radius 1 is 1.19 bits per heavy atom. The van der Waals surface area contributed by atoms with Gasteiger partial charge in [-0.05, 0) is 25.1 Å². The third kappa shape index (κ3) is 4.75. The van der Waals surface area contributed by atoms with Gasteiger partial charge in [0.2, 0.25) is 12.2 Å². The number of ether oxygens (including phenoxy) is 2. The highest BCUT2D eigenvalue weighted by atomic mass is 19.4. The van der Waals surface area contributed by atoms with E-state index in [0.29, 0.717) is 6.07 Å². The number of hydrogen-bond acceptors (Lipinski definition) is 6. The Balaban J connectivity index is 2.11. The van der Waals surface area contributed by atoms with Crippen LogP contribution in [0.1, 0.15) is 35.7 Å². The van der Waals surface area contributed by atoms with Gasteiger partial charge in [-0.2, -0.15) is 17.6 Å². The molecule has 1 saturated heterocycles. The van der Waals surface area contributed by atoms with Crippen LogP contribution in [0, 0.1) is 17.6 Å². The van der Waals surface area contributed by atoms with Gasteiger partial charge in [0.25, 0.3) is 11.8 Å². The highest BCUT2D eigenvalue weighted by Crippen LogP contribution is 2.55. The molecule has 14 heteroatoms. The molecule has 0 bridgehead atoms. The van der Waals surface area contributed by atoms with Crippen LogP contribution in [0.4, 0.5) is 39.0 Å². The summed E-state index contributed by atoms with van der Waals surface area (Å²) < 4.78 is 80.7. The number of halogens is 5. The molecule has 1 aliphatic rings. The number of carbonyl (C=O) groups excluding carboxylic acids is 3. The van der Waals surface area contributed by atoms with E-state index in [1.54, 1.807) is 0 Å². The summed E-state index contributed by atoms with van der Waals surface area (Å²) in [6.07, 6.45) is -6.58. The van der Waals surface area contributed by atoms with Crippen molar-refractivity contribution in [3.05, 3.63) is 47.0 Å². The number of benzene rings is 2. The fraction of sp³-hybridized carbons (Fsp3) is 0.348. The number of hydrogen-bond donors (Lipinski definition) is 4. The number of methoxy groups -OCH3 is 1. The van der Waals surface area contributed by atoms with E-state index in [2.05, 4.69) is 10.6 Å². The molecule has 1 heterocycles. The molecular weight excluding hydrogens is 507 g/mol. The standard InChI is InChI=1S/C23H23F5N4O5/c1-9-16(10-4-5-12(24)17(25)18(10)36-3)19(37-22(9,2)23(26,27)28)21(35)32-15-6-11(20(30)34)14(31-8-33)7-13(15)29/h4-9,16,19H,29H2,1-3H3,(H2,30,34)(H,31,33)(H,32,35)/t9-,16-,19+,22+/m0/s1. The predicted octanol–water partition coefficient (Wildman–Crippen LogP) is 3.30. The minimum Gasteiger partial charge on any atom is -0.493 e. The monoisotopic (exact) mass is 530 g/mol. The van der Waals surface area contributed by atoms with Crippen molar-refractivity contribution in [1.29, 1.82) is 0 Å². The van der Waals surface area contributed by atoms with Crippen molar-refractivity contribution in [2.75, 3.05) is 23.5 Å². The van der Waals surface area contributed by atoms with Gasteiger partial charge in [0.05, 0.1) is 29.7 Å². The van der Waals surface area contributed by atoms with Crippen LogP contribution >= 0.6 is 0 Å². The van der Waals surface area contributed by atoms with Crippen LogP contribution in [0.2, 0.25) is 0 Å². The second-order valence-corrected chi connectivity index (χ2v) is 8.54. The van der Waals surface area contributed by atoms with Gasteiger partial charge in [-0.3, -0.25) is 14.4 Å². The van der Waals surface area contributed by atoms with Crippen LogP contribution in [-0.2, 0) is 14.3 Å². The molecule has 6 N–H and O–H groups in total. The minimum atomic E-state index is -4.95. The summed E-state index contributed by atoms with van der Waals surface area (Å²) in [5, 5.41) is 4.52. The van der Waals surface area contributed by atoms with E-state index in [1.165, 1.54) is 0 Å². The van der Waals surface area contributed by atoms with E-state index >= 15 is 0 Å². The number of amides is 3. The smallest absolute Gasteiger partial charge is 0.417 e. The zero-order chi connectivity index (χ0) is 27.9. The van der Waals surface area contributed by atoms with Gasteiger partial charge in [-0.25, -0.2) is 4.39 Å². The zero-order valence-corrected chi connectivity index (χ0v) is 19.7. The van der Waals surface area contributed by atoms with Crippen molar-refractivity contribution in [3.8, 4) is 5.75 Å². The zero-order valence-electron chi connectivity index (χ0n) is 19.7. The topological polar surface area (TPSA) is 146 Å². The molecule has 0 unspecified atom stereocenters. The number of alkyl halides is 3. The van der Waals surface area contributed by atoms with Crippen LogP contribution in [0.5, 0.6) is 5.75 Å². The molecule has 0 radical (unpaired) electrons. The first-order valence-corrected chi connectivity index (χ1v) is 10.7. The third-order valence-corrected chi connectivity index (χ3v) is 6.50. The fourth-order valence-electron chi connectivity index (χ4n) is 4.36. The van der Waals surface area contributed by atoms with Crippen LogP contribution in [0.25, 0.3) is 0 Å². The van der Waals surface area contributed by atoms with Crippen LogP contribution in [-0.4, -0.2) is 43.2 Å². The van der Waals surface area contributed by atoms with E-state index < -0.39 is 58.9 Å². The number of rotatable bonds is 7. The summed E-state index contributed by atoms with van der Waals surface area (Å²) >= 11 is 0. The molecule has 3 amide bonds. The lowest BCUT2D eigenvalue weighted by molar-refractivity contribution is -0.272. The number of nitrogens with one attached hydrogen (secondary N) is 2. The Bertz CT molecular complexity index is 1260. The number of nitrogen functional groups attached to an aromatic ring is 1. The molecule has 2 aromatic rings. The summed E-state index contributed by atoms with van der Waals surface area (Å²) in [6.45, 7) is 1.90. The number of carbonyl (C=O) groups is 3. The van der Waals surface area contributed by atoms with Crippen LogP contribution in [0.3, 0.4) is 0 Å². The molecule has 0 spiro atoms. The molecule has 1 aliphatic heterocycles. The molecule has 2 aromatic carbocycles. The van der Waals surface area contributed by atoms with E-state index in [9.17, 15) is 36.3 Å². The van der Waals surface area contributed by atoms with Gasteiger partial charge in [0.15, 0.2) is 17.2 Å². The Morgan fingerprint density at radius 3 is 2.38 bits per heavy atom. The molecule has 9 nitrogen and oxygen atoms in total. The first kappa shape index (κ1) is 27.6. The van der Waals surface area contributed by atoms with Crippen molar-refractivity contribution in [1.82, 2.24) is 0 Å². The fourth-order valence-corrected chi connectivity index (χ4v) is 4.36. The maximum Gasteiger partial charge on any atom is 0.417 e. The third-order valence-electron chi connectivity index (χ3n) is 6.50. The number of nitrogens with two attached hydrogens (primary N) is 2. The Kier molecular flexibility index (Phi) is 7.35. The summed E-state index contributed by atoms with van der Waals surface area (Å²) in [7, 11) is 1.00. The first-order valence-electron chi connectivity index (χ1n) is 10.7. The largest absolute Gasteiger partial charge is 0.493 e. The van der Waals surface area contributed by atoms with Gasteiger partial charge in [0.1, 0.15) is 6.10 Å².